The van der Waals surface area contributed by atoms with Crippen LogP contribution in [-0.2, 0) is 9.53 Å². The zero-order chi connectivity index (χ0) is 16.4. The molecule has 8 nitrogen and oxygen atoms in total. The lowest BCUT2D eigenvalue weighted by Gasteiger charge is -2.11. The molecule has 0 atom stereocenters. The van der Waals surface area contributed by atoms with Crippen LogP contribution in [0.25, 0.3) is 0 Å². The highest BCUT2D eigenvalue weighted by Gasteiger charge is 2.06. The third kappa shape index (κ3) is 7.20. The number of hydrazine groups is 1. The van der Waals surface area contributed by atoms with Crippen LogP contribution in [0.4, 0.5) is 5.69 Å². The van der Waals surface area contributed by atoms with Gasteiger partial charge >= 0.3 is 0 Å². The number of methoxy groups -OCH3 is 1. The van der Waals surface area contributed by atoms with Gasteiger partial charge in [-0.25, -0.2) is 0 Å². The number of nitro groups is 1. The highest BCUT2D eigenvalue weighted by atomic mass is 32.2. The summed E-state index contributed by atoms with van der Waals surface area (Å²) >= 11 is 6.20. The van der Waals surface area contributed by atoms with Crippen LogP contribution in [0.15, 0.2) is 29.2 Å². The first-order valence-electron chi connectivity index (χ1n) is 6.22. The van der Waals surface area contributed by atoms with Gasteiger partial charge in [-0.15, -0.1) is 11.8 Å². The van der Waals surface area contributed by atoms with Crippen molar-refractivity contribution in [1.29, 1.82) is 0 Å². The normalized spacial score (nSPS) is 9.86. The van der Waals surface area contributed by atoms with Crippen molar-refractivity contribution >= 4 is 40.7 Å². The number of hydrogen-bond donors (Lipinski definition) is 3. The molecule has 0 aromatic heterocycles. The summed E-state index contributed by atoms with van der Waals surface area (Å²) in [4.78, 5) is 22.4. The van der Waals surface area contributed by atoms with E-state index < -0.39 is 4.92 Å². The Morgan fingerprint density at radius 3 is 2.64 bits per heavy atom. The maximum atomic E-state index is 11.6. The molecule has 0 radical (unpaired) electrons. The highest BCUT2D eigenvalue weighted by molar-refractivity contribution is 8.00. The average molecular weight is 344 g/mol. The molecule has 22 heavy (non-hydrogen) atoms. The van der Waals surface area contributed by atoms with E-state index in [0.29, 0.717) is 18.3 Å². The van der Waals surface area contributed by atoms with E-state index >= 15 is 0 Å². The molecule has 0 heterocycles. The van der Waals surface area contributed by atoms with Crippen molar-refractivity contribution in [2.45, 2.75) is 4.90 Å². The molecule has 0 saturated heterocycles. The second-order valence-electron chi connectivity index (χ2n) is 3.96. The van der Waals surface area contributed by atoms with Crippen molar-refractivity contribution in [1.82, 2.24) is 16.2 Å². The number of carbonyl (C=O) groups is 1. The smallest absolute Gasteiger partial charge is 0.269 e. The van der Waals surface area contributed by atoms with Crippen molar-refractivity contribution < 1.29 is 14.5 Å². The number of nitrogens with one attached hydrogen (secondary N) is 3. The predicted octanol–water partition coefficient (Wildman–Crippen LogP) is 0.829. The monoisotopic (exact) mass is 344 g/mol. The molecule has 0 bridgehead atoms. The fraction of sp³-hybridized carbons (Fsp3) is 0.333. The lowest BCUT2D eigenvalue weighted by Crippen LogP contribution is -2.48. The van der Waals surface area contributed by atoms with E-state index in [9.17, 15) is 14.9 Å². The largest absolute Gasteiger partial charge is 0.383 e. The van der Waals surface area contributed by atoms with E-state index in [1.165, 1.54) is 23.9 Å². The summed E-state index contributed by atoms with van der Waals surface area (Å²) in [6, 6.07) is 5.99. The number of benzene rings is 1. The quantitative estimate of drug-likeness (QED) is 0.220. The summed E-state index contributed by atoms with van der Waals surface area (Å²) in [5, 5.41) is 13.7. The molecule has 0 spiro atoms. The second kappa shape index (κ2) is 9.92. The van der Waals surface area contributed by atoms with E-state index in [4.69, 9.17) is 17.0 Å². The first-order chi connectivity index (χ1) is 10.5. The first kappa shape index (κ1) is 18.1. The summed E-state index contributed by atoms with van der Waals surface area (Å²) < 4.78 is 4.85. The Kier molecular flexibility index (Phi) is 8.18. The maximum absolute atomic E-state index is 11.6. The van der Waals surface area contributed by atoms with Gasteiger partial charge in [0.1, 0.15) is 0 Å². The number of ether oxygens (including phenoxy) is 1. The number of hydrogen-bond acceptors (Lipinski definition) is 6. The van der Waals surface area contributed by atoms with E-state index in [1.54, 1.807) is 19.2 Å². The number of non-ortho nitro benzene ring substituents is 1. The zero-order valence-electron chi connectivity index (χ0n) is 11.8. The van der Waals surface area contributed by atoms with Crippen LogP contribution in [0.3, 0.4) is 0 Å². The number of rotatable bonds is 7. The fourth-order valence-electron chi connectivity index (χ4n) is 1.29. The number of nitro benzene ring substituents is 1. The third-order valence-corrected chi connectivity index (χ3v) is 3.58. The highest BCUT2D eigenvalue weighted by Crippen LogP contribution is 2.20. The van der Waals surface area contributed by atoms with Crippen LogP contribution in [0.1, 0.15) is 0 Å². The topological polar surface area (TPSA) is 106 Å². The van der Waals surface area contributed by atoms with Gasteiger partial charge < -0.3 is 10.1 Å². The lowest BCUT2D eigenvalue weighted by molar-refractivity contribution is -0.384. The van der Waals surface area contributed by atoms with Crippen molar-refractivity contribution in [3.63, 3.8) is 0 Å². The van der Waals surface area contributed by atoms with Crippen LogP contribution in [0.2, 0.25) is 0 Å². The maximum Gasteiger partial charge on any atom is 0.269 e. The molecule has 120 valence electrons. The van der Waals surface area contributed by atoms with Crippen molar-refractivity contribution in [3.8, 4) is 0 Å². The molecule has 0 aliphatic heterocycles. The molecule has 0 aliphatic carbocycles. The Bertz CT molecular complexity index is 524. The average Bonchev–Trinajstić information content (AvgIpc) is 2.51. The first-order valence-corrected chi connectivity index (χ1v) is 7.61. The van der Waals surface area contributed by atoms with Crippen molar-refractivity contribution in [2.75, 3.05) is 26.0 Å². The molecular formula is C12H16N4O4S2. The second-order valence-corrected chi connectivity index (χ2v) is 5.42. The van der Waals surface area contributed by atoms with Crippen LogP contribution in [-0.4, -0.2) is 42.0 Å². The Morgan fingerprint density at radius 2 is 2.05 bits per heavy atom. The Balaban J connectivity index is 2.25. The fourth-order valence-corrected chi connectivity index (χ4v) is 2.14. The molecule has 1 rings (SSSR count). The molecular weight excluding hydrogens is 328 g/mol. The van der Waals surface area contributed by atoms with E-state index in [0.717, 1.165) is 4.90 Å². The van der Waals surface area contributed by atoms with Gasteiger partial charge in [0, 0.05) is 30.7 Å². The zero-order valence-corrected chi connectivity index (χ0v) is 13.5. The van der Waals surface area contributed by atoms with Crippen molar-refractivity contribution in [2.24, 2.45) is 0 Å². The van der Waals surface area contributed by atoms with Crippen LogP contribution < -0.4 is 16.2 Å². The number of carbonyl (C=O) groups excluding carboxylic acids is 1. The summed E-state index contributed by atoms with van der Waals surface area (Å²) in [5.41, 5.74) is 5.03. The summed E-state index contributed by atoms with van der Waals surface area (Å²) in [7, 11) is 1.58. The van der Waals surface area contributed by atoms with Gasteiger partial charge in [-0.1, -0.05) is 0 Å². The van der Waals surface area contributed by atoms with Gasteiger partial charge in [0.15, 0.2) is 5.11 Å². The minimum Gasteiger partial charge on any atom is -0.383 e. The number of thiocarbonyl (C=S) groups is 1. The Labute approximate surface area is 137 Å². The molecule has 1 aromatic rings. The van der Waals surface area contributed by atoms with Gasteiger partial charge in [0.25, 0.3) is 5.69 Å². The van der Waals surface area contributed by atoms with Gasteiger partial charge in [-0.3, -0.25) is 25.8 Å². The van der Waals surface area contributed by atoms with Gasteiger partial charge in [0.2, 0.25) is 5.91 Å². The molecule has 0 fully saturated rings. The molecule has 1 amide bonds. The molecule has 0 unspecified atom stereocenters. The Morgan fingerprint density at radius 1 is 1.36 bits per heavy atom. The predicted molar refractivity (Wildman–Crippen MR) is 87.6 cm³/mol. The summed E-state index contributed by atoms with van der Waals surface area (Å²) in [6.07, 6.45) is 0. The molecule has 10 heteroatoms. The summed E-state index contributed by atoms with van der Waals surface area (Å²) in [5.74, 6) is -0.106. The van der Waals surface area contributed by atoms with E-state index in [-0.39, 0.29) is 17.3 Å². The van der Waals surface area contributed by atoms with Gasteiger partial charge in [0.05, 0.1) is 17.3 Å². The standard InChI is InChI=1S/C12H16N4O4S2/c1-20-7-6-13-12(21)15-14-11(17)8-22-10-4-2-9(3-5-10)16(18)19/h2-5H,6-8H2,1H3,(H,14,17)(H2,13,15,21). The third-order valence-electron chi connectivity index (χ3n) is 2.32. The number of thioether (sulfide) groups is 1. The van der Waals surface area contributed by atoms with Gasteiger partial charge in [-0.05, 0) is 24.4 Å². The minimum absolute atomic E-state index is 0.0166. The molecule has 0 aliphatic rings. The van der Waals surface area contributed by atoms with Gasteiger partial charge in [-0.2, -0.15) is 0 Å². The number of nitrogens with zero attached hydrogens (tertiary/aromatic N) is 1. The van der Waals surface area contributed by atoms with Crippen LogP contribution in [0.5, 0.6) is 0 Å². The van der Waals surface area contributed by atoms with E-state index in [1.807, 2.05) is 0 Å². The Hall–Kier alpha value is -1.91. The summed E-state index contributed by atoms with van der Waals surface area (Å²) in [6.45, 7) is 1.04. The van der Waals surface area contributed by atoms with Crippen molar-refractivity contribution in [3.05, 3.63) is 34.4 Å². The number of amides is 1. The lowest BCUT2D eigenvalue weighted by atomic mass is 10.3. The van der Waals surface area contributed by atoms with Crippen LogP contribution in [0, 0.1) is 10.1 Å². The molecule has 0 saturated carbocycles. The molecule has 3 N–H and O–H groups in total. The SMILES string of the molecule is COCCNC(=S)NNC(=O)CSc1ccc([N+](=O)[O-])cc1. The van der Waals surface area contributed by atoms with E-state index in [2.05, 4.69) is 16.2 Å². The van der Waals surface area contributed by atoms with Crippen LogP contribution >= 0.6 is 24.0 Å². The minimum atomic E-state index is -0.470. The molecule has 1 aromatic carbocycles.